The molecule has 18 heavy (non-hydrogen) atoms. The normalized spacial score (nSPS) is 10.9. The van der Waals surface area contributed by atoms with Gasteiger partial charge in [0.2, 0.25) is 5.89 Å². The fourth-order valence-corrected chi connectivity index (χ4v) is 2.74. The van der Waals surface area contributed by atoms with E-state index >= 15 is 0 Å². The van der Waals surface area contributed by atoms with E-state index in [2.05, 4.69) is 20.9 Å². The van der Waals surface area contributed by atoms with Gasteiger partial charge in [-0.2, -0.15) is 0 Å². The van der Waals surface area contributed by atoms with E-state index in [1.165, 1.54) is 23.5 Å². The zero-order chi connectivity index (χ0) is 12.7. The van der Waals surface area contributed by atoms with Crippen molar-refractivity contribution < 1.29 is 14.3 Å². The average molecular weight is 324 g/mol. The van der Waals surface area contributed by atoms with E-state index in [0.717, 1.165) is 9.35 Å². The molecule has 0 aliphatic carbocycles. The quantitative estimate of drug-likeness (QED) is 0.773. The molecule has 0 fully saturated rings. The maximum Gasteiger partial charge on any atom is 0.335 e. The molecule has 1 aromatic carbocycles. The van der Waals surface area contributed by atoms with E-state index in [1.807, 2.05) is 11.4 Å². The molecule has 0 radical (unpaired) electrons. The number of carboxylic acid groups (broad SMARTS) is 1. The summed E-state index contributed by atoms with van der Waals surface area (Å²) < 4.78 is 6.58. The Labute approximate surface area is 114 Å². The van der Waals surface area contributed by atoms with Crippen LogP contribution in [0.3, 0.4) is 0 Å². The number of fused-ring (bicyclic) bond motifs is 1. The van der Waals surface area contributed by atoms with Crippen LogP contribution in [-0.2, 0) is 0 Å². The molecular weight excluding hydrogens is 318 g/mol. The standard InChI is InChI=1S/C12H6BrNO3S/c13-10-4-7(5-18-10)11-14-8-3-6(12(15)16)1-2-9(8)17-11/h1-5H,(H,15,16). The number of rotatable bonds is 2. The first-order chi connectivity index (χ1) is 8.63. The number of aromatic nitrogens is 1. The molecule has 3 aromatic rings. The molecule has 0 spiro atoms. The predicted molar refractivity (Wildman–Crippen MR) is 72.0 cm³/mol. The summed E-state index contributed by atoms with van der Waals surface area (Å²) in [5.41, 5.74) is 2.21. The van der Waals surface area contributed by atoms with Crippen molar-refractivity contribution in [3.8, 4) is 11.5 Å². The van der Waals surface area contributed by atoms with Crippen molar-refractivity contribution in [1.29, 1.82) is 0 Å². The third-order valence-corrected chi connectivity index (χ3v) is 3.95. The van der Waals surface area contributed by atoms with Gasteiger partial charge in [0.25, 0.3) is 0 Å². The molecule has 2 aromatic heterocycles. The number of hydrogen-bond donors (Lipinski definition) is 1. The number of halogens is 1. The van der Waals surface area contributed by atoms with Gasteiger partial charge in [-0.1, -0.05) is 0 Å². The molecule has 0 saturated carbocycles. The van der Waals surface area contributed by atoms with E-state index in [-0.39, 0.29) is 5.56 Å². The summed E-state index contributed by atoms with van der Waals surface area (Å²) in [6.45, 7) is 0. The van der Waals surface area contributed by atoms with Gasteiger partial charge in [0.05, 0.1) is 9.35 Å². The second-order valence-corrected chi connectivity index (χ2v) is 5.94. The monoisotopic (exact) mass is 323 g/mol. The summed E-state index contributed by atoms with van der Waals surface area (Å²) >= 11 is 4.92. The van der Waals surface area contributed by atoms with Crippen LogP contribution in [0.1, 0.15) is 10.4 Å². The lowest BCUT2D eigenvalue weighted by atomic mass is 10.2. The molecule has 0 aliphatic heterocycles. The molecular formula is C12H6BrNO3S. The van der Waals surface area contributed by atoms with E-state index < -0.39 is 5.97 Å². The Bertz CT molecular complexity index is 747. The van der Waals surface area contributed by atoms with Crippen LogP contribution in [-0.4, -0.2) is 16.1 Å². The lowest BCUT2D eigenvalue weighted by Crippen LogP contribution is -1.94. The number of carbonyl (C=O) groups is 1. The van der Waals surface area contributed by atoms with Crippen LogP contribution in [0.4, 0.5) is 0 Å². The Morgan fingerprint density at radius 1 is 1.39 bits per heavy atom. The van der Waals surface area contributed by atoms with E-state index in [0.29, 0.717) is 17.0 Å². The van der Waals surface area contributed by atoms with Crippen molar-refractivity contribution in [2.45, 2.75) is 0 Å². The third-order valence-electron chi connectivity index (χ3n) is 2.45. The number of thiophene rings is 1. The number of benzene rings is 1. The number of carboxylic acids is 1. The summed E-state index contributed by atoms with van der Waals surface area (Å²) in [6.07, 6.45) is 0. The Morgan fingerprint density at radius 3 is 2.89 bits per heavy atom. The van der Waals surface area contributed by atoms with Gasteiger partial charge < -0.3 is 9.52 Å². The fraction of sp³-hybridized carbons (Fsp3) is 0. The van der Waals surface area contributed by atoms with E-state index in [9.17, 15) is 4.79 Å². The van der Waals surface area contributed by atoms with Crippen molar-refractivity contribution in [3.05, 3.63) is 39.0 Å². The highest BCUT2D eigenvalue weighted by Gasteiger charge is 2.12. The molecule has 0 amide bonds. The lowest BCUT2D eigenvalue weighted by molar-refractivity contribution is 0.0697. The summed E-state index contributed by atoms with van der Waals surface area (Å²) in [6, 6.07) is 6.54. The SMILES string of the molecule is O=C(O)c1ccc2oc(-c3csc(Br)c3)nc2c1. The van der Waals surface area contributed by atoms with Gasteiger partial charge in [-0.3, -0.25) is 0 Å². The van der Waals surface area contributed by atoms with Gasteiger partial charge in [0, 0.05) is 10.9 Å². The van der Waals surface area contributed by atoms with Crippen molar-refractivity contribution in [3.63, 3.8) is 0 Å². The van der Waals surface area contributed by atoms with Crippen molar-refractivity contribution in [2.75, 3.05) is 0 Å². The minimum atomic E-state index is -0.972. The molecule has 6 heteroatoms. The molecule has 0 bridgehead atoms. The summed E-state index contributed by atoms with van der Waals surface area (Å²) in [5, 5.41) is 10.8. The summed E-state index contributed by atoms with van der Waals surface area (Å²) in [4.78, 5) is 15.2. The molecule has 0 atom stereocenters. The zero-order valence-corrected chi connectivity index (χ0v) is 11.3. The average Bonchev–Trinajstić information content (AvgIpc) is 2.93. The maximum absolute atomic E-state index is 10.9. The molecule has 0 aliphatic rings. The van der Waals surface area contributed by atoms with Crippen molar-refractivity contribution in [1.82, 2.24) is 4.98 Å². The highest BCUT2D eigenvalue weighted by molar-refractivity contribution is 9.11. The van der Waals surface area contributed by atoms with Crippen molar-refractivity contribution in [2.24, 2.45) is 0 Å². The Morgan fingerprint density at radius 2 is 2.22 bits per heavy atom. The van der Waals surface area contributed by atoms with Gasteiger partial charge in [-0.05, 0) is 40.2 Å². The topological polar surface area (TPSA) is 63.3 Å². The van der Waals surface area contributed by atoms with Gasteiger partial charge >= 0.3 is 5.97 Å². The van der Waals surface area contributed by atoms with Gasteiger partial charge in [0.1, 0.15) is 5.52 Å². The predicted octanol–water partition coefficient (Wildman–Crippen LogP) is 4.02. The minimum Gasteiger partial charge on any atom is -0.478 e. The van der Waals surface area contributed by atoms with Gasteiger partial charge in [-0.15, -0.1) is 11.3 Å². The number of oxazole rings is 1. The Hall–Kier alpha value is -1.66. The first-order valence-electron chi connectivity index (χ1n) is 5.02. The Balaban J connectivity index is 2.13. The first kappa shape index (κ1) is 11.4. The smallest absolute Gasteiger partial charge is 0.335 e. The van der Waals surface area contributed by atoms with Crippen LogP contribution >= 0.6 is 27.3 Å². The summed E-state index contributed by atoms with van der Waals surface area (Å²) in [5.74, 6) is -0.478. The molecule has 90 valence electrons. The van der Waals surface area contributed by atoms with Crippen LogP contribution in [0.25, 0.3) is 22.6 Å². The highest BCUT2D eigenvalue weighted by atomic mass is 79.9. The molecule has 3 rings (SSSR count). The highest BCUT2D eigenvalue weighted by Crippen LogP contribution is 2.30. The second kappa shape index (κ2) is 4.22. The van der Waals surface area contributed by atoms with E-state index in [1.54, 1.807) is 6.07 Å². The lowest BCUT2D eigenvalue weighted by Gasteiger charge is -1.91. The van der Waals surface area contributed by atoms with E-state index in [4.69, 9.17) is 9.52 Å². The molecule has 4 nitrogen and oxygen atoms in total. The van der Waals surface area contributed by atoms with Crippen LogP contribution in [0, 0.1) is 0 Å². The van der Waals surface area contributed by atoms with Crippen LogP contribution in [0.15, 0.2) is 37.8 Å². The zero-order valence-electron chi connectivity index (χ0n) is 8.88. The number of hydrogen-bond acceptors (Lipinski definition) is 4. The second-order valence-electron chi connectivity index (χ2n) is 3.65. The number of aromatic carboxylic acids is 1. The minimum absolute atomic E-state index is 0.203. The van der Waals surface area contributed by atoms with Crippen LogP contribution < -0.4 is 0 Å². The third kappa shape index (κ3) is 1.93. The molecule has 0 saturated heterocycles. The molecule has 1 N–H and O–H groups in total. The largest absolute Gasteiger partial charge is 0.478 e. The van der Waals surface area contributed by atoms with Gasteiger partial charge in [-0.25, -0.2) is 9.78 Å². The van der Waals surface area contributed by atoms with Crippen LogP contribution in [0.2, 0.25) is 0 Å². The van der Waals surface area contributed by atoms with Gasteiger partial charge in [0.15, 0.2) is 5.58 Å². The fourth-order valence-electron chi connectivity index (χ4n) is 1.61. The first-order valence-corrected chi connectivity index (χ1v) is 6.69. The van der Waals surface area contributed by atoms with Crippen LogP contribution in [0.5, 0.6) is 0 Å². The Kier molecular flexibility index (Phi) is 2.68. The van der Waals surface area contributed by atoms with Crippen molar-refractivity contribution >= 4 is 44.3 Å². The number of nitrogens with zero attached hydrogens (tertiary/aromatic N) is 1. The summed E-state index contributed by atoms with van der Waals surface area (Å²) in [7, 11) is 0. The molecule has 2 heterocycles. The molecule has 0 unspecified atom stereocenters. The maximum atomic E-state index is 10.9.